The summed E-state index contributed by atoms with van der Waals surface area (Å²) in [5.74, 6) is 0.180. The van der Waals surface area contributed by atoms with Crippen molar-refractivity contribution in [3.8, 4) is 11.5 Å². The van der Waals surface area contributed by atoms with E-state index in [0.717, 1.165) is 11.1 Å². The highest BCUT2D eigenvalue weighted by Gasteiger charge is 2.09. The number of hydrogen-bond donors (Lipinski definition) is 3. The third-order valence-electron chi connectivity index (χ3n) is 3.15. The zero-order valence-electron chi connectivity index (χ0n) is 13.2. The first-order valence-electron chi connectivity index (χ1n) is 7.14. The van der Waals surface area contributed by atoms with Crippen LogP contribution in [0.4, 0.5) is 5.69 Å². The summed E-state index contributed by atoms with van der Waals surface area (Å²) in [5, 5.41) is 15.7. The molecule has 0 atom stereocenters. The molecule has 3 N–H and O–H groups in total. The van der Waals surface area contributed by atoms with Crippen LogP contribution in [0.1, 0.15) is 11.1 Å². The highest BCUT2D eigenvalue weighted by Crippen LogP contribution is 2.23. The fourth-order valence-corrected chi connectivity index (χ4v) is 2.26. The lowest BCUT2D eigenvalue weighted by Gasteiger charge is -2.12. The molecule has 0 radical (unpaired) electrons. The number of ether oxygens (including phenoxy) is 1. The van der Waals surface area contributed by atoms with Crippen molar-refractivity contribution in [1.29, 1.82) is 0 Å². The number of aromatic hydroxyl groups is 1. The van der Waals surface area contributed by atoms with Crippen molar-refractivity contribution in [1.82, 2.24) is 5.32 Å². The number of phenolic OH excluding ortho intramolecular Hbond substituents is 1. The molecule has 0 aliphatic carbocycles. The van der Waals surface area contributed by atoms with Gasteiger partial charge < -0.3 is 15.2 Å². The molecule has 5 nitrogen and oxygen atoms in total. The maximum atomic E-state index is 11.9. The SMILES string of the molecule is Cc1ccc(O)c(NC(=S)NC(=O)COc2ccc(Cl)c(C)c2)c1. The van der Waals surface area contributed by atoms with Gasteiger partial charge in [-0.1, -0.05) is 17.7 Å². The number of aryl methyl sites for hydroxylation is 2. The summed E-state index contributed by atoms with van der Waals surface area (Å²) < 4.78 is 5.39. The van der Waals surface area contributed by atoms with Gasteiger partial charge in [-0.3, -0.25) is 10.1 Å². The normalized spacial score (nSPS) is 10.1. The van der Waals surface area contributed by atoms with Crippen molar-refractivity contribution in [2.45, 2.75) is 13.8 Å². The molecule has 24 heavy (non-hydrogen) atoms. The molecule has 0 aromatic heterocycles. The molecule has 126 valence electrons. The highest BCUT2D eigenvalue weighted by molar-refractivity contribution is 7.80. The Kier molecular flexibility index (Phi) is 6.00. The van der Waals surface area contributed by atoms with Crippen LogP contribution in [-0.4, -0.2) is 22.7 Å². The van der Waals surface area contributed by atoms with Crippen LogP contribution < -0.4 is 15.4 Å². The van der Waals surface area contributed by atoms with Crippen LogP contribution in [0.3, 0.4) is 0 Å². The second-order valence-electron chi connectivity index (χ2n) is 5.22. The topological polar surface area (TPSA) is 70.6 Å². The highest BCUT2D eigenvalue weighted by atomic mass is 35.5. The third-order valence-corrected chi connectivity index (χ3v) is 3.78. The lowest BCUT2D eigenvalue weighted by atomic mass is 10.2. The minimum atomic E-state index is -0.410. The van der Waals surface area contributed by atoms with Gasteiger partial charge in [-0.05, 0) is 67.5 Å². The molecular weight excluding hydrogens is 348 g/mol. The van der Waals surface area contributed by atoms with E-state index >= 15 is 0 Å². The summed E-state index contributed by atoms with van der Waals surface area (Å²) in [6.07, 6.45) is 0. The van der Waals surface area contributed by atoms with Gasteiger partial charge in [0.15, 0.2) is 11.7 Å². The number of benzene rings is 2. The molecular formula is C17H17ClN2O3S. The van der Waals surface area contributed by atoms with E-state index in [1.165, 1.54) is 0 Å². The van der Waals surface area contributed by atoms with E-state index in [2.05, 4.69) is 10.6 Å². The minimum absolute atomic E-state index is 0.0464. The molecule has 0 unspecified atom stereocenters. The number of thiocarbonyl (C=S) groups is 1. The molecule has 1 amide bonds. The molecule has 2 rings (SSSR count). The maximum Gasteiger partial charge on any atom is 0.264 e. The van der Waals surface area contributed by atoms with Gasteiger partial charge in [-0.15, -0.1) is 0 Å². The number of anilines is 1. The van der Waals surface area contributed by atoms with E-state index in [4.69, 9.17) is 28.6 Å². The van der Waals surface area contributed by atoms with Crippen LogP contribution in [0.25, 0.3) is 0 Å². The molecule has 0 saturated heterocycles. The number of nitrogens with one attached hydrogen (secondary N) is 2. The van der Waals surface area contributed by atoms with Crippen molar-refractivity contribution in [2.75, 3.05) is 11.9 Å². The second kappa shape index (κ2) is 7.99. The number of carbonyl (C=O) groups excluding carboxylic acids is 1. The van der Waals surface area contributed by atoms with Crippen molar-refractivity contribution >= 4 is 40.5 Å². The standard InChI is InChI=1S/C17H17ClN2O3S/c1-10-3-6-15(21)14(7-10)19-17(24)20-16(22)9-23-12-4-5-13(18)11(2)8-12/h3-8,21H,9H2,1-2H3,(H2,19,20,22,24). The van der Waals surface area contributed by atoms with Gasteiger partial charge in [0, 0.05) is 5.02 Å². The minimum Gasteiger partial charge on any atom is -0.506 e. The Morgan fingerprint density at radius 1 is 1.25 bits per heavy atom. The lowest BCUT2D eigenvalue weighted by molar-refractivity contribution is -0.121. The number of rotatable bonds is 4. The first-order chi connectivity index (χ1) is 11.3. The van der Waals surface area contributed by atoms with Crippen LogP contribution >= 0.6 is 23.8 Å². The third kappa shape index (κ3) is 5.11. The van der Waals surface area contributed by atoms with Crippen LogP contribution in [-0.2, 0) is 4.79 Å². The van der Waals surface area contributed by atoms with Crippen molar-refractivity contribution < 1.29 is 14.6 Å². The van der Waals surface area contributed by atoms with Crippen molar-refractivity contribution in [3.63, 3.8) is 0 Å². The Bertz CT molecular complexity index is 780. The summed E-state index contributed by atoms with van der Waals surface area (Å²) in [6, 6.07) is 10.2. The van der Waals surface area contributed by atoms with E-state index < -0.39 is 5.91 Å². The van der Waals surface area contributed by atoms with Crippen LogP contribution in [0.2, 0.25) is 5.02 Å². The fraction of sp³-hybridized carbons (Fsp3) is 0.176. The molecule has 0 bridgehead atoms. The van der Waals surface area contributed by atoms with E-state index in [1.54, 1.807) is 36.4 Å². The van der Waals surface area contributed by atoms with Crippen molar-refractivity contribution in [2.24, 2.45) is 0 Å². The Balaban J connectivity index is 1.86. The summed E-state index contributed by atoms with van der Waals surface area (Å²) in [5.41, 5.74) is 2.24. The number of carbonyl (C=O) groups is 1. The Labute approximate surface area is 150 Å². The van der Waals surface area contributed by atoms with Gasteiger partial charge in [0.2, 0.25) is 0 Å². The summed E-state index contributed by atoms with van der Waals surface area (Å²) >= 11 is 11.0. The number of amides is 1. The van der Waals surface area contributed by atoms with E-state index in [9.17, 15) is 9.90 Å². The van der Waals surface area contributed by atoms with Gasteiger partial charge >= 0.3 is 0 Å². The van der Waals surface area contributed by atoms with Gasteiger partial charge in [0.05, 0.1) is 5.69 Å². The number of phenols is 1. The number of hydrogen-bond acceptors (Lipinski definition) is 4. The van der Waals surface area contributed by atoms with Crippen LogP contribution in [0, 0.1) is 13.8 Å². The Morgan fingerprint density at radius 2 is 2.00 bits per heavy atom. The Hall–Kier alpha value is -2.31. The van der Waals surface area contributed by atoms with Crippen LogP contribution in [0.5, 0.6) is 11.5 Å². The largest absolute Gasteiger partial charge is 0.506 e. The quantitative estimate of drug-likeness (QED) is 0.571. The van der Waals surface area contributed by atoms with E-state index in [0.29, 0.717) is 16.5 Å². The summed E-state index contributed by atoms with van der Waals surface area (Å²) in [4.78, 5) is 11.9. The summed E-state index contributed by atoms with van der Waals surface area (Å²) in [7, 11) is 0. The van der Waals surface area contributed by atoms with Gasteiger partial charge in [0.25, 0.3) is 5.91 Å². The zero-order chi connectivity index (χ0) is 17.7. The lowest BCUT2D eigenvalue weighted by Crippen LogP contribution is -2.37. The smallest absolute Gasteiger partial charge is 0.264 e. The average molecular weight is 365 g/mol. The average Bonchev–Trinajstić information content (AvgIpc) is 2.52. The molecule has 0 fully saturated rings. The monoisotopic (exact) mass is 364 g/mol. The van der Waals surface area contributed by atoms with Crippen molar-refractivity contribution in [3.05, 3.63) is 52.5 Å². The molecule has 0 aliphatic heterocycles. The van der Waals surface area contributed by atoms with Gasteiger partial charge in [-0.25, -0.2) is 0 Å². The Morgan fingerprint density at radius 3 is 2.71 bits per heavy atom. The zero-order valence-corrected chi connectivity index (χ0v) is 14.8. The van der Waals surface area contributed by atoms with Gasteiger partial charge in [0.1, 0.15) is 11.5 Å². The maximum absolute atomic E-state index is 11.9. The first-order valence-corrected chi connectivity index (χ1v) is 7.93. The first kappa shape index (κ1) is 18.0. The molecule has 2 aromatic carbocycles. The fourth-order valence-electron chi connectivity index (χ4n) is 1.92. The molecule has 0 heterocycles. The number of halogens is 1. The molecule has 2 aromatic rings. The molecule has 7 heteroatoms. The van der Waals surface area contributed by atoms with Gasteiger partial charge in [-0.2, -0.15) is 0 Å². The molecule has 0 aliphatic rings. The summed E-state index contributed by atoms with van der Waals surface area (Å²) in [6.45, 7) is 3.54. The predicted molar refractivity (Wildman–Crippen MR) is 98.9 cm³/mol. The van der Waals surface area contributed by atoms with E-state index in [1.807, 2.05) is 13.8 Å². The molecule has 0 saturated carbocycles. The molecule has 0 spiro atoms. The van der Waals surface area contributed by atoms with E-state index in [-0.39, 0.29) is 17.5 Å². The predicted octanol–water partition coefficient (Wildman–Crippen LogP) is 3.55. The second-order valence-corrected chi connectivity index (χ2v) is 6.04. The van der Waals surface area contributed by atoms with Crippen LogP contribution in [0.15, 0.2) is 36.4 Å².